The highest BCUT2D eigenvalue weighted by Crippen LogP contribution is 2.38. The summed E-state index contributed by atoms with van der Waals surface area (Å²) in [7, 11) is 0.910. The summed E-state index contributed by atoms with van der Waals surface area (Å²) >= 11 is 1.16. The van der Waals surface area contributed by atoms with Gasteiger partial charge >= 0.3 is 12.5 Å². The van der Waals surface area contributed by atoms with Gasteiger partial charge in [-0.3, -0.25) is 0 Å². The molecule has 0 fully saturated rings. The van der Waals surface area contributed by atoms with Crippen molar-refractivity contribution in [3.8, 4) is 11.6 Å². The molecule has 1 heterocycles. The molecule has 3 nitrogen and oxygen atoms in total. The third-order valence-corrected chi connectivity index (χ3v) is 2.47. The van der Waals surface area contributed by atoms with Gasteiger partial charge in [0.2, 0.25) is 0 Å². The lowest BCUT2D eigenvalue weighted by Crippen LogP contribution is -2.19. The third kappa shape index (κ3) is 3.78. The summed E-state index contributed by atoms with van der Waals surface area (Å²) in [4.78, 5) is 3.10. The molecule has 0 saturated heterocycles. The Morgan fingerprint density at radius 1 is 1.17 bits per heavy atom. The van der Waals surface area contributed by atoms with Gasteiger partial charge in [0.25, 0.3) is 5.88 Å². The third-order valence-electron chi connectivity index (χ3n) is 1.65. The lowest BCUT2D eigenvalue weighted by molar-refractivity contribution is -0.276. The highest BCUT2D eigenvalue weighted by molar-refractivity contribution is 14.1. The molecule has 1 aromatic rings. The molecule has 0 aliphatic carbocycles. The molecular weight excluding hydrogens is 383 g/mol. The van der Waals surface area contributed by atoms with Gasteiger partial charge in [-0.1, -0.05) is 0 Å². The van der Waals surface area contributed by atoms with E-state index in [1.807, 2.05) is 0 Å². The first-order valence-electron chi connectivity index (χ1n) is 4.12. The van der Waals surface area contributed by atoms with Gasteiger partial charge in [0.05, 0.1) is 12.7 Å². The minimum atomic E-state index is -5.07. The molecule has 0 N–H and O–H groups in total. The zero-order valence-corrected chi connectivity index (χ0v) is 10.6. The first-order valence-corrected chi connectivity index (χ1v) is 5.20. The first-order chi connectivity index (χ1) is 8.04. The average molecular weight is 387 g/mol. The van der Waals surface area contributed by atoms with E-state index in [4.69, 9.17) is 0 Å². The lowest BCUT2D eigenvalue weighted by Gasteiger charge is -2.15. The smallest absolute Gasteiger partial charge is 0.491 e. The summed E-state index contributed by atoms with van der Waals surface area (Å²) in [6, 6.07) is 0.399. The topological polar surface area (TPSA) is 31.4 Å². The van der Waals surface area contributed by atoms with Gasteiger partial charge in [0, 0.05) is 6.07 Å². The summed E-state index contributed by atoms with van der Waals surface area (Å²) in [5.41, 5.74) is -1.20. The number of aromatic nitrogens is 1. The van der Waals surface area contributed by atoms with Crippen molar-refractivity contribution < 1.29 is 35.8 Å². The van der Waals surface area contributed by atoms with Gasteiger partial charge in [-0.05, 0) is 22.6 Å². The molecule has 0 unspecified atom stereocenters. The van der Waals surface area contributed by atoms with E-state index in [1.54, 1.807) is 0 Å². The number of pyridine rings is 1. The zero-order valence-electron chi connectivity index (χ0n) is 8.49. The summed E-state index contributed by atoms with van der Waals surface area (Å²) < 4.78 is 80.5. The maximum absolute atomic E-state index is 12.5. The Kier molecular flexibility index (Phi) is 4.18. The number of hydrogen-bond acceptors (Lipinski definition) is 3. The number of nitrogens with zero attached hydrogens (tertiary/aromatic N) is 1. The van der Waals surface area contributed by atoms with Gasteiger partial charge in [-0.2, -0.15) is 13.2 Å². The second kappa shape index (κ2) is 4.97. The van der Waals surface area contributed by atoms with E-state index in [1.165, 1.54) is 0 Å². The standard InChI is InChI=1S/C8H4F6INO2/c1-17-4-2-3(7(9,10)11)5(15)16-6(4)18-8(12,13)14/h2H,1H3. The Labute approximate surface area is 110 Å². The molecule has 0 atom stereocenters. The van der Waals surface area contributed by atoms with E-state index in [2.05, 4.69) is 14.5 Å². The van der Waals surface area contributed by atoms with E-state index in [-0.39, 0.29) is 0 Å². The molecular formula is C8H4F6INO2. The fourth-order valence-electron chi connectivity index (χ4n) is 0.985. The quantitative estimate of drug-likeness (QED) is 0.442. The molecule has 10 heteroatoms. The van der Waals surface area contributed by atoms with Crippen LogP contribution in [0.25, 0.3) is 0 Å². The van der Waals surface area contributed by atoms with Gasteiger partial charge in [0.15, 0.2) is 5.75 Å². The van der Waals surface area contributed by atoms with E-state index >= 15 is 0 Å². The highest BCUT2D eigenvalue weighted by atomic mass is 127. The Bertz CT molecular complexity index is 444. The number of rotatable bonds is 2. The first kappa shape index (κ1) is 15.1. The molecule has 0 aliphatic rings. The lowest BCUT2D eigenvalue weighted by atomic mass is 10.2. The highest BCUT2D eigenvalue weighted by Gasteiger charge is 2.38. The van der Waals surface area contributed by atoms with Crippen LogP contribution in [0.2, 0.25) is 0 Å². The molecule has 0 saturated carbocycles. The Balaban J connectivity index is 3.28. The van der Waals surface area contributed by atoms with Crippen LogP contribution in [0.1, 0.15) is 5.56 Å². The predicted molar refractivity (Wildman–Crippen MR) is 55.2 cm³/mol. The van der Waals surface area contributed by atoms with Gasteiger partial charge in [-0.25, -0.2) is 4.98 Å². The Hall–Kier alpha value is -0.940. The van der Waals surface area contributed by atoms with Crippen molar-refractivity contribution in [1.82, 2.24) is 4.98 Å². The van der Waals surface area contributed by atoms with Crippen LogP contribution in [-0.2, 0) is 6.18 Å². The van der Waals surface area contributed by atoms with Crippen molar-refractivity contribution in [1.29, 1.82) is 0 Å². The average Bonchev–Trinajstić information content (AvgIpc) is 2.13. The molecule has 1 rings (SSSR count). The molecule has 102 valence electrons. The van der Waals surface area contributed by atoms with Gasteiger partial charge < -0.3 is 9.47 Å². The van der Waals surface area contributed by atoms with Crippen molar-refractivity contribution in [2.24, 2.45) is 0 Å². The van der Waals surface area contributed by atoms with Crippen molar-refractivity contribution in [2.75, 3.05) is 7.11 Å². The van der Waals surface area contributed by atoms with E-state index in [9.17, 15) is 26.3 Å². The maximum Gasteiger partial charge on any atom is 0.574 e. The van der Waals surface area contributed by atoms with E-state index in [0.29, 0.717) is 6.07 Å². The van der Waals surface area contributed by atoms with Crippen LogP contribution >= 0.6 is 22.6 Å². The van der Waals surface area contributed by atoms with Crippen molar-refractivity contribution in [3.05, 3.63) is 15.3 Å². The molecule has 0 spiro atoms. The number of alkyl halides is 6. The zero-order chi connectivity index (χ0) is 14.1. The van der Waals surface area contributed by atoms with Crippen molar-refractivity contribution in [3.63, 3.8) is 0 Å². The maximum atomic E-state index is 12.5. The number of halogens is 7. The van der Waals surface area contributed by atoms with Crippen LogP contribution in [0.3, 0.4) is 0 Å². The summed E-state index contributed by atoms with van der Waals surface area (Å²) in [5, 5.41) is 0. The van der Waals surface area contributed by atoms with E-state index < -0.39 is 33.4 Å². The number of methoxy groups -OCH3 is 1. The number of hydrogen-bond donors (Lipinski definition) is 0. The van der Waals surface area contributed by atoms with Crippen LogP contribution in [0, 0.1) is 3.70 Å². The van der Waals surface area contributed by atoms with Crippen molar-refractivity contribution >= 4 is 22.6 Å². The van der Waals surface area contributed by atoms with Gasteiger partial charge in [-0.15, -0.1) is 13.2 Å². The van der Waals surface area contributed by atoms with E-state index in [0.717, 1.165) is 29.7 Å². The fraction of sp³-hybridized carbons (Fsp3) is 0.375. The molecule has 0 amide bonds. The number of ether oxygens (including phenoxy) is 2. The summed E-state index contributed by atoms with van der Waals surface area (Å²) in [6.45, 7) is 0. The normalized spacial score (nSPS) is 12.4. The SMILES string of the molecule is COc1cc(C(F)(F)F)c(I)nc1OC(F)(F)F. The largest absolute Gasteiger partial charge is 0.574 e. The second-order valence-electron chi connectivity index (χ2n) is 2.88. The minimum Gasteiger partial charge on any atom is -0.491 e. The summed E-state index contributed by atoms with van der Waals surface area (Å²) in [5.74, 6) is -1.82. The Morgan fingerprint density at radius 2 is 1.72 bits per heavy atom. The molecule has 0 radical (unpaired) electrons. The second-order valence-corrected chi connectivity index (χ2v) is 3.90. The van der Waals surface area contributed by atoms with Crippen molar-refractivity contribution in [2.45, 2.75) is 12.5 Å². The van der Waals surface area contributed by atoms with Gasteiger partial charge in [0.1, 0.15) is 3.70 Å². The Morgan fingerprint density at radius 3 is 2.11 bits per heavy atom. The van der Waals surface area contributed by atoms with Crippen LogP contribution in [0.4, 0.5) is 26.3 Å². The minimum absolute atomic E-state index is 0.399. The monoisotopic (exact) mass is 387 g/mol. The molecule has 18 heavy (non-hydrogen) atoms. The fourth-order valence-corrected chi connectivity index (χ4v) is 1.67. The molecule has 1 aromatic heterocycles. The molecule has 0 bridgehead atoms. The van der Waals surface area contributed by atoms with Crippen LogP contribution in [-0.4, -0.2) is 18.5 Å². The van der Waals surface area contributed by atoms with Crippen LogP contribution < -0.4 is 9.47 Å². The predicted octanol–water partition coefficient (Wildman–Crippen LogP) is 3.61. The molecule has 0 aromatic carbocycles. The van der Waals surface area contributed by atoms with Crippen LogP contribution in [0.5, 0.6) is 11.6 Å². The molecule has 0 aliphatic heterocycles. The summed E-state index contributed by atoms with van der Waals surface area (Å²) in [6.07, 6.45) is -9.81. The van der Waals surface area contributed by atoms with Crippen LogP contribution in [0.15, 0.2) is 6.07 Å².